The number of rotatable bonds is 9. The second-order valence-corrected chi connectivity index (χ2v) is 4.05. The minimum Gasteiger partial charge on any atom is -0.394 e. The van der Waals surface area contributed by atoms with Crippen molar-refractivity contribution in [1.82, 2.24) is 0 Å². The van der Waals surface area contributed by atoms with Crippen LogP contribution in [0.25, 0.3) is 0 Å². The fraction of sp³-hybridized carbons (Fsp3) is 1.00. The number of aliphatic hydroxyl groups is 1. The Morgan fingerprint density at radius 1 is 1.14 bits per heavy atom. The molecule has 3 nitrogen and oxygen atoms in total. The van der Waals surface area contributed by atoms with Crippen LogP contribution in [0.5, 0.6) is 0 Å². The zero-order valence-corrected chi connectivity index (χ0v) is 9.71. The molecule has 0 heterocycles. The normalized spacial score (nSPS) is 12.0. The van der Waals surface area contributed by atoms with Crippen molar-refractivity contribution in [3.8, 4) is 0 Å². The topological polar surface area (TPSA) is 38.7 Å². The molecule has 0 amide bonds. The number of ether oxygens (including phenoxy) is 2. The second-order valence-electron chi connectivity index (χ2n) is 4.05. The Kier molecular flexibility index (Phi) is 8.14. The second kappa shape index (κ2) is 8.21. The average Bonchev–Trinajstić information content (AvgIpc) is 2.15. The Bertz CT molecular complexity index is 124. The lowest BCUT2D eigenvalue weighted by Crippen LogP contribution is -2.26. The summed E-state index contributed by atoms with van der Waals surface area (Å²) in [5.74, 6) is 0. The first-order valence-electron chi connectivity index (χ1n) is 5.45. The van der Waals surface area contributed by atoms with Crippen LogP contribution in [0.3, 0.4) is 0 Å². The maximum Gasteiger partial charge on any atom is 0.0707 e. The summed E-state index contributed by atoms with van der Waals surface area (Å²) in [6.45, 7) is 8.05. The molecule has 86 valence electrons. The van der Waals surface area contributed by atoms with Gasteiger partial charge in [-0.25, -0.2) is 0 Å². The van der Waals surface area contributed by atoms with Gasteiger partial charge < -0.3 is 14.6 Å². The number of hydrogen-bond donors (Lipinski definition) is 1. The van der Waals surface area contributed by atoms with E-state index in [1.54, 1.807) is 0 Å². The quantitative estimate of drug-likeness (QED) is 0.584. The van der Waals surface area contributed by atoms with Crippen LogP contribution in [-0.2, 0) is 9.47 Å². The lowest BCUT2D eigenvalue weighted by Gasteiger charge is -2.25. The van der Waals surface area contributed by atoms with Crippen molar-refractivity contribution in [1.29, 1.82) is 0 Å². The predicted molar refractivity (Wildman–Crippen MR) is 57.5 cm³/mol. The summed E-state index contributed by atoms with van der Waals surface area (Å²) in [6, 6.07) is 0. The summed E-state index contributed by atoms with van der Waals surface area (Å²) in [4.78, 5) is 0. The predicted octanol–water partition coefficient (Wildman–Crippen LogP) is 1.98. The summed E-state index contributed by atoms with van der Waals surface area (Å²) in [7, 11) is 0. The van der Waals surface area contributed by atoms with E-state index >= 15 is 0 Å². The van der Waals surface area contributed by atoms with Crippen molar-refractivity contribution < 1.29 is 14.6 Å². The van der Waals surface area contributed by atoms with Crippen LogP contribution >= 0.6 is 0 Å². The van der Waals surface area contributed by atoms with Crippen LogP contribution in [0.4, 0.5) is 0 Å². The van der Waals surface area contributed by atoms with E-state index in [-0.39, 0.29) is 12.2 Å². The van der Waals surface area contributed by atoms with Gasteiger partial charge >= 0.3 is 0 Å². The molecule has 0 aromatic rings. The molecule has 0 aliphatic rings. The van der Waals surface area contributed by atoms with Gasteiger partial charge in [-0.3, -0.25) is 0 Å². The van der Waals surface area contributed by atoms with E-state index in [9.17, 15) is 0 Å². The lowest BCUT2D eigenvalue weighted by molar-refractivity contribution is -0.0538. The van der Waals surface area contributed by atoms with E-state index in [2.05, 4.69) is 20.8 Å². The maximum absolute atomic E-state index is 8.48. The first-order valence-corrected chi connectivity index (χ1v) is 5.45. The van der Waals surface area contributed by atoms with Gasteiger partial charge in [-0.05, 0) is 20.3 Å². The molecular formula is C11H24O3. The van der Waals surface area contributed by atoms with Gasteiger partial charge in [0.05, 0.1) is 32.0 Å². The molecule has 0 bridgehead atoms. The minimum atomic E-state index is -0.0431. The molecule has 0 aliphatic heterocycles. The molecule has 0 aliphatic carbocycles. The van der Waals surface area contributed by atoms with E-state index in [0.29, 0.717) is 19.8 Å². The highest BCUT2D eigenvalue weighted by atomic mass is 16.5. The van der Waals surface area contributed by atoms with Crippen LogP contribution < -0.4 is 0 Å². The Labute approximate surface area is 87.4 Å². The monoisotopic (exact) mass is 204 g/mol. The first kappa shape index (κ1) is 13.9. The molecule has 0 atom stereocenters. The average molecular weight is 204 g/mol. The van der Waals surface area contributed by atoms with Crippen LogP contribution in [0.2, 0.25) is 0 Å². The number of hydrogen-bond acceptors (Lipinski definition) is 3. The summed E-state index contributed by atoms with van der Waals surface area (Å²) in [5.41, 5.74) is -0.0431. The summed E-state index contributed by atoms with van der Waals surface area (Å²) in [6.07, 6.45) is 3.49. The standard InChI is InChI=1S/C11H24O3/c1-4-5-6-11(2,3)14-10-9-13-8-7-12/h12H,4-10H2,1-3H3. The molecular weight excluding hydrogens is 180 g/mol. The lowest BCUT2D eigenvalue weighted by atomic mass is 10.0. The van der Waals surface area contributed by atoms with Gasteiger partial charge in [-0.2, -0.15) is 0 Å². The van der Waals surface area contributed by atoms with Crippen molar-refractivity contribution in [2.24, 2.45) is 0 Å². The Morgan fingerprint density at radius 2 is 1.86 bits per heavy atom. The molecule has 0 saturated heterocycles. The van der Waals surface area contributed by atoms with Crippen molar-refractivity contribution in [3.63, 3.8) is 0 Å². The molecule has 0 aromatic carbocycles. The van der Waals surface area contributed by atoms with E-state index < -0.39 is 0 Å². The largest absolute Gasteiger partial charge is 0.394 e. The molecule has 14 heavy (non-hydrogen) atoms. The number of aliphatic hydroxyl groups excluding tert-OH is 1. The van der Waals surface area contributed by atoms with Crippen molar-refractivity contribution in [2.45, 2.75) is 45.6 Å². The Hall–Kier alpha value is -0.120. The van der Waals surface area contributed by atoms with Crippen LogP contribution in [0.1, 0.15) is 40.0 Å². The van der Waals surface area contributed by atoms with Crippen LogP contribution in [0, 0.1) is 0 Å². The van der Waals surface area contributed by atoms with Gasteiger partial charge in [-0.15, -0.1) is 0 Å². The van der Waals surface area contributed by atoms with Gasteiger partial charge in [0.1, 0.15) is 0 Å². The summed E-state index contributed by atoms with van der Waals surface area (Å²) >= 11 is 0. The third-order valence-corrected chi connectivity index (χ3v) is 2.09. The smallest absolute Gasteiger partial charge is 0.0707 e. The van der Waals surface area contributed by atoms with Gasteiger partial charge in [0.25, 0.3) is 0 Å². The molecule has 0 aromatic heterocycles. The van der Waals surface area contributed by atoms with Crippen molar-refractivity contribution >= 4 is 0 Å². The molecule has 0 unspecified atom stereocenters. The molecule has 0 spiro atoms. The van der Waals surface area contributed by atoms with Gasteiger partial charge in [-0.1, -0.05) is 19.8 Å². The first-order chi connectivity index (χ1) is 6.62. The number of unbranched alkanes of at least 4 members (excludes halogenated alkanes) is 1. The zero-order chi connectivity index (χ0) is 10.9. The third kappa shape index (κ3) is 8.48. The highest BCUT2D eigenvalue weighted by Gasteiger charge is 2.16. The summed E-state index contributed by atoms with van der Waals surface area (Å²) < 4.78 is 10.8. The Morgan fingerprint density at radius 3 is 2.43 bits per heavy atom. The SMILES string of the molecule is CCCCC(C)(C)OCCOCCO. The maximum atomic E-state index is 8.48. The fourth-order valence-corrected chi connectivity index (χ4v) is 1.22. The summed E-state index contributed by atoms with van der Waals surface area (Å²) in [5, 5.41) is 8.48. The van der Waals surface area contributed by atoms with Gasteiger partial charge in [0, 0.05) is 0 Å². The van der Waals surface area contributed by atoms with E-state index in [4.69, 9.17) is 14.6 Å². The minimum absolute atomic E-state index is 0.0431. The molecule has 3 heteroatoms. The van der Waals surface area contributed by atoms with Crippen molar-refractivity contribution in [2.75, 3.05) is 26.4 Å². The zero-order valence-electron chi connectivity index (χ0n) is 9.71. The fourth-order valence-electron chi connectivity index (χ4n) is 1.22. The van der Waals surface area contributed by atoms with E-state index in [0.717, 1.165) is 6.42 Å². The molecule has 0 saturated carbocycles. The van der Waals surface area contributed by atoms with E-state index in [1.165, 1.54) is 12.8 Å². The van der Waals surface area contributed by atoms with Crippen LogP contribution in [0.15, 0.2) is 0 Å². The van der Waals surface area contributed by atoms with Crippen LogP contribution in [-0.4, -0.2) is 37.1 Å². The molecule has 0 rings (SSSR count). The van der Waals surface area contributed by atoms with Gasteiger partial charge in [0.2, 0.25) is 0 Å². The molecule has 1 N–H and O–H groups in total. The molecule has 0 radical (unpaired) electrons. The highest BCUT2D eigenvalue weighted by Crippen LogP contribution is 2.17. The van der Waals surface area contributed by atoms with Crippen molar-refractivity contribution in [3.05, 3.63) is 0 Å². The van der Waals surface area contributed by atoms with Gasteiger partial charge in [0.15, 0.2) is 0 Å². The van der Waals surface area contributed by atoms with E-state index in [1.807, 2.05) is 0 Å². The Balaban J connectivity index is 3.35. The third-order valence-electron chi connectivity index (χ3n) is 2.09. The molecule has 0 fully saturated rings. The highest BCUT2D eigenvalue weighted by molar-refractivity contribution is 4.67.